The lowest BCUT2D eigenvalue weighted by Crippen LogP contribution is -2.53. The predicted octanol–water partition coefficient (Wildman–Crippen LogP) is 3.09. The van der Waals surface area contributed by atoms with E-state index in [2.05, 4.69) is 0 Å². The molecule has 0 spiro atoms. The van der Waals surface area contributed by atoms with E-state index in [0.717, 1.165) is 6.07 Å². The SMILES string of the molecule is CC(C)(C)C(NC(=O)c1cccc(C(=O)O)c1)C(F)(F)F. The molecule has 0 saturated heterocycles. The van der Waals surface area contributed by atoms with Gasteiger partial charge in [0.2, 0.25) is 0 Å². The van der Waals surface area contributed by atoms with Crippen LogP contribution in [0.25, 0.3) is 0 Å². The number of aromatic carboxylic acids is 1. The topological polar surface area (TPSA) is 66.4 Å². The average Bonchev–Trinajstić information content (AvgIpc) is 2.33. The van der Waals surface area contributed by atoms with Gasteiger partial charge in [0.15, 0.2) is 0 Å². The maximum atomic E-state index is 13.0. The molecule has 0 fully saturated rings. The van der Waals surface area contributed by atoms with Crippen LogP contribution in [0.3, 0.4) is 0 Å². The molecule has 0 aliphatic heterocycles. The molecule has 1 amide bonds. The summed E-state index contributed by atoms with van der Waals surface area (Å²) in [6.07, 6.45) is -4.60. The number of halogens is 3. The summed E-state index contributed by atoms with van der Waals surface area (Å²) in [5.74, 6) is -2.22. The number of hydrogen-bond acceptors (Lipinski definition) is 2. The van der Waals surface area contributed by atoms with Gasteiger partial charge >= 0.3 is 12.1 Å². The molecule has 0 aliphatic rings. The van der Waals surface area contributed by atoms with Crippen molar-refractivity contribution in [3.63, 3.8) is 0 Å². The summed E-state index contributed by atoms with van der Waals surface area (Å²) >= 11 is 0. The van der Waals surface area contributed by atoms with E-state index in [9.17, 15) is 22.8 Å². The number of nitrogens with one attached hydrogen (secondary N) is 1. The van der Waals surface area contributed by atoms with Crippen LogP contribution in [-0.2, 0) is 0 Å². The number of carbonyl (C=O) groups excluding carboxylic acids is 1. The predicted molar refractivity (Wildman–Crippen MR) is 70.2 cm³/mol. The first-order chi connectivity index (χ1) is 9.43. The minimum atomic E-state index is -4.60. The maximum Gasteiger partial charge on any atom is 0.409 e. The number of amides is 1. The summed E-state index contributed by atoms with van der Waals surface area (Å²) < 4.78 is 39.0. The van der Waals surface area contributed by atoms with Gasteiger partial charge in [-0.05, 0) is 23.6 Å². The van der Waals surface area contributed by atoms with Crippen LogP contribution in [0.4, 0.5) is 13.2 Å². The smallest absolute Gasteiger partial charge is 0.409 e. The first-order valence-corrected chi connectivity index (χ1v) is 6.14. The van der Waals surface area contributed by atoms with Crippen molar-refractivity contribution in [3.05, 3.63) is 35.4 Å². The van der Waals surface area contributed by atoms with Gasteiger partial charge in [-0.25, -0.2) is 4.79 Å². The van der Waals surface area contributed by atoms with Crippen LogP contribution in [0.15, 0.2) is 24.3 Å². The van der Waals surface area contributed by atoms with Gasteiger partial charge in [0.25, 0.3) is 5.91 Å². The fourth-order valence-electron chi connectivity index (χ4n) is 1.80. The van der Waals surface area contributed by atoms with Gasteiger partial charge in [0.05, 0.1) is 5.56 Å². The first-order valence-electron chi connectivity index (χ1n) is 6.14. The van der Waals surface area contributed by atoms with Gasteiger partial charge in [-0.15, -0.1) is 0 Å². The third kappa shape index (κ3) is 4.47. The summed E-state index contributed by atoms with van der Waals surface area (Å²) in [5, 5.41) is 10.7. The second-order valence-corrected chi connectivity index (χ2v) is 5.70. The molecule has 1 aromatic rings. The molecule has 2 N–H and O–H groups in total. The van der Waals surface area contributed by atoms with Crippen LogP contribution in [0.2, 0.25) is 0 Å². The Labute approximate surface area is 120 Å². The second-order valence-electron chi connectivity index (χ2n) is 5.70. The number of alkyl halides is 3. The van der Waals surface area contributed by atoms with Crippen molar-refractivity contribution < 1.29 is 27.9 Å². The van der Waals surface area contributed by atoms with Crippen LogP contribution in [0.5, 0.6) is 0 Å². The van der Waals surface area contributed by atoms with E-state index >= 15 is 0 Å². The molecule has 0 heterocycles. The number of hydrogen-bond donors (Lipinski definition) is 2. The third-order valence-corrected chi connectivity index (χ3v) is 2.84. The van der Waals surface area contributed by atoms with Crippen LogP contribution in [0, 0.1) is 5.41 Å². The Bertz CT molecular complexity index is 533. The van der Waals surface area contributed by atoms with Gasteiger partial charge in [-0.2, -0.15) is 13.2 Å². The molecule has 1 unspecified atom stereocenters. The molecule has 0 radical (unpaired) electrons. The molecule has 0 aromatic heterocycles. The zero-order valence-electron chi connectivity index (χ0n) is 11.8. The average molecular weight is 303 g/mol. The van der Waals surface area contributed by atoms with Crippen molar-refractivity contribution in [2.75, 3.05) is 0 Å². The molecule has 4 nitrogen and oxygen atoms in total. The Kier molecular flexibility index (Phi) is 4.65. The van der Waals surface area contributed by atoms with Gasteiger partial charge in [-0.3, -0.25) is 4.79 Å². The van der Waals surface area contributed by atoms with Gasteiger partial charge < -0.3 is 10.4 Å². The maximum absolute atomic E-state index is 13.0. The zero-order valence-corrected chi connectivity index (χ0v) is 11.8. The minimum absolute atomic E-state index is 0.131. The van der Waals surface area contributed by atoms with E-state index in [0.29, 0.717) is 0 Å². The number of carbonyl (C=O) groups is 2. The van der Waals surface area contributed by atoms with Crippen LogP contribution >= 0.6 is 0 Å². The van der Waals surface area contributed by atoms with Crippen molar-refractivity contribution in [2.24, 2.45) is 5.41 Å². The largest absolute Gasteiger partial charge is 0.478 e. The Hall–Kier alpha value is -2.05. The van der Waals surface area contributed by atoms with Crippen molar-refractivity contribution in [1.29, 1.82) is 0 Å². The lowest BCUT2D eigenvalue weighted by atomic mass is 9.86. The Morgan fingerprint density at radius 2 is 1.67 bits per heavy atom. The molecule has 21 heavy (non-hydrogen) atoms. The Balaban J connectivity index is 3.03. The monoisotopic (exact) mass is 303 g/mol. The lowest BCUT2D eigenvalue weighted by molar-refractivity contribution is -0.174. The van der Waals surface area contributed by atoms with E-state index in [1.807, 2.05) is 5.32 Å². The lowest BCUT2D eigenvalue weighted by Gasteiger charge is -2.33. The van der Waals surface area contributed by atoms with Gasteiger partial charge in [-0.1, -0.05) is 26.8 Å². The summed E-state index contributed by atoms with van der Waals surface area (Å²) in [4.78, 5) is 22.7. The zero-order chi connectivity index (χ0) is 16.4. The molecule has 7 heteroatoms. The number of carboxylic acid groups (broad SMARTS) is 1. The number of carboxylic acids is 1. The quantitative estimate of drug-likeness (QED) is 0.901. The van der Waals surface area contributed by atoms with Crippen molar-refractivity contribution in [2.45, 2.75) is 33.0 Å². The van der Waals surface area contributed by atoms with Crippen LogP contribution < -0.4 is 5.32 Å². The second kappa shape index (κ2) is 5.75. The standard InChI is InChI=1S/C14H16F3NO3/c1-13(2,3)12(14(15,16)17)18-10(19)8-5-4-6-9(7-8)11(20)21/h4-7,12H,1-3H3,(H,18,19)(H,20,21). The molecule has 116 valence electrons. The van der Waals surface area contributed by atoms with Gasteiger partial charge in [0, 0.05) is 5.56 Å². The van der Waals surface area contributed by atoms with E-state index in [1.54, 1.807) is 0 Å². The van der Waals surface area contributed by atoms with E-state index in [-0.39, 0.29) is 11.1 Å². The molecule has 1 aromatic carbocycles. The summed E-state index contributed by atoms with van der Waals surface area (Å²) in [6, 6.07) is 2.82. The highest BCUT2D eigenvalue weighted by Gasteiger charge is 2.47. The highest BCUT2D eigenvalue weighted by atomic mass is 19.4. The van der Waals surface area contributed by atoms with Gasteiger partial charge in [0.1, 0.15) is 6.04 Å². The first kappa shape index (κ1) is 17.0. The van der Waals surface area contributed by atoms with Crippen molar-refractivity contribution >= 4 is 11.9 Å². The molecular formula is C14H16F3NO3. The van der Waals surface area contributed by atoms with Crippen LogP contribution in [-0.4, -0.2) is 29.2 Å². The molecular weight excluding hydrogens is 287 g/mol. The number of benzene rings is 1. The molecule has 0 bridgehead atoms. The fourth-order valence-corrected chi connectivity index (χ4v) is 1.80. The highest BCUT2D eigenvalue weighted by Crippen LogP contribution is 2.33. The van der Waals surface area contributed by atoms with Crippen LogP contribution in [0.1, 0.15) is 41.5 Å². The molecule has 1 atom stereocenters. The summed E-state index contributed by atoms with van der Waals surface area (Å²) in [6.45, 7) is 4.08. The van der Waals surface area contributed by atoms with Crippen molar-refractivity contribution in [3.8, 4) is 0 Å². The molecule has 1 rings (SSSR count). The minimum Gasteiger partial charge on any atom is -0.478 e. The third-order valence-electron chi connectivity index (χ3n) is 2.84. The highest BCUT2D eigenvalue weighted by molar-refractivity contribution is 5.97. The van der Waals surface area contributed by atoms with E-state index < -0.39 is 29.5 Å². The summed E-state index contributed by atoms with van der Waals surface area (Å²) in [5.41, 5.74) is -1.52. The molecule has 0 aliphatic carbocycles. The van der Waals surface area contributed by atoms with Crippen molar-refractivity contribution in [1.82, 2.24) is 5.32 Å². The number of rotatable bonds is 3. The normalized spacial score (nSPS) is 13.6. The molecule has 0 saturated carbocycles. The summed E-state index contributed by atoms with van der Waals surface area (Å²) in [7, 11) is 0. The van der Waals surface area contributed by atoms with E-state index in [4.69, 9.17) is 5.11 Å². The van der Waals surface area contributed by atoms with E-state index in [1.165, 1.54) is 39.0 Å². The Morgan fingerprint density at radius 3 is 2.10 bits per heavy atom. The fraction of sp³-hybridized carbons (Fsp3) is 0.429. The Morgan fingerprint density at radius 1 is 1.14 bits per heavy atom.